The number of rotatable bonds is 4. The summed E-state index contributed by atoms with van der Waals surface area (Å²) in [6.07, 6.45) is 2.16. The highest BCUT2D eigenvalue weighted by Crippen LogP contribution is 2.12. The number of hydrogen-bond donors (Lipinski definition) is 0. The van der Waals surface area contributed by atoms with E-state index in [9.17, 15) is 9.59 Å². The molecule has 0 radical (unpaired) electrons. The van der Waals surface area contributed by atoms with Crippen LogP contribution < -0.4 is 0 Å². The van der Waals surface area contributed by atoms with E-state index < -0.39 is 0 Å². The summed E-state index contributed by atoms with van der Waals surface area (Å²) in [5.74, 6) is -0.165. The van der Waals surface area contributed by atoms with Crippen LogP contribution in [-0.2, 0) is 9.59 Å². The summed E-state index contributed by atoms with van der Waals surface area (Å²) in [5, 5.41) is 10.8. The van der Waals surface area contributed by atoms with Gasteiger partial charge in [0.2, 0.25) is 11.8 Å². The summed E-state index contributed by atoms with van der Waals surface area (Å²) in [4.78, 5) is 24.2. The minimum atomic E-state index is -0.0823. The molecule has 1 aliphatic heterocycles. The molecule has 88 valence electrons. The third-order valence-corrected chi connectivity index (χ3v) is 2.39. The van der Waals surface area contributed by atoms with Gasteiger partial charge in [0.1, 0.15) is 0 Å². The number of carbonyl (C=O) groups excluding carboxylic acids is 2. The van der Waals surface area contributed by atoms with Crippen LogP contribution in [0, 0.1) is 0 Å². The van der Waals surface area contributed by atoms with Gasteiger partial charge in [0.05, 0.1) is 7.05 Å². The minimum Gasteiger partial charge on any atom is -0.282 e. The fraction of sp³-hybridized carbons (Fsp3) is 0.700. The van der Waals surface area contributed by atoms with E-state index in [1.54, 1.807) is 6.92 Å². The van der Waals surface area contributed by atoms with Gasteiger partial charge in [-0.1, -0.05) is 5.22 Å². The zero-order valence-electron chi connectivity index (χ0n) is 9.64. The third kappa shape index (κ3) is 3.52. The third-order valence-electron chi connectivity index (χ3n) is 2.39. The van der Waals surface area contributed by atoms with E-state index in [4.69, 9.17) is 0 Å². The van der Waals surface area contributed by atoms with E-state index in [2.05, 4.69) is 15.4 Å². The summed E-state index contributed by atoms with van der Waals surface area (Å²) >= 11 is 0. The molecule has 1 saturated heterocycles. The van der Waals surface area contributed by atoms with Gasteiger partial charge >= 0.3 is 0 Å². The first-order chi connectivity index (χ1) is 7.65. The normalized spacial score (nSPS) is 18.6. The molecule has 0 aliphatic carbocycles. The molecule has 0 spiro atoms. The van der Waals surface area contributed by atoms with Gasteiger partial charge in [-0.15, -0.1) is 5.10 Å². The first kappa shape index (κ1) is 12.5. The molecule has 1 aliphatic rings. The maximum atomic E-state index is 11.5. The number of nitrogens with zero attached hydrogens (tertiary/aromatic N) is 4. The van der Waals surface area contributed by atoms with Crippen molar-refractivity contribution in [1.29, 1.82) is 0 Å². The Labute approximate surface area is 94.4 Å². The van der Waals surface area contributed by atoms with E-state index in [-0.39, 0.29) is 11.8 Å². The lowest BCUT2D eigenvalue weighted by Gasteiger charge is -2.24. The Bertz CT molecular complexity index is 320. The van der Waals surface area contributed by atoms with Crippen LogP contribution in [0.3, 0.4) is 0 Å². The highest BCUT2D eigenvalue weighted by Gasteiger charge is 2.25. The van der Waals surface area contributed by atoms with Crippen LogP contribution in [-0.4, -0.2) is 36.0 Å². The Morgan fingerprint density at radius 3 is 2.50 bits per heavy atom. The molecule has 0 N–H and O–H groups in total. The van der Waals surface area contributed by atoms with Crippen molar-refractivity contribution in [1.82, 2.24) is 4.90 Å². The van der Waals surface area contributed by atoms with Crippen molar-refractivity contribution < 1.29 is 9.59 Å². The lowest BCUT2D eigenvalue weighted by atomic mass is 10.1. The van der Waals surface area contributed by atoms with Crippen molar-refractivity contribution in [2.24, 2.45) is 15.4 Å². The smallest absolute Gasteiger partial charge is 0.229 e. The number of piperidine rings is 1. The topological polar surface area (TPSA) is 74.5 Å². The molecule has 6 heteroatoms. The first-order valence-electron chi connectivity index (χ1n) is 5.30. The van der Waals surface area contributed by atoms with Crippen molar-refractivity contribution in [2.75, 3.05) is 13.6 Å². The maximum Gasteiger partial charge on any atom is 0.229 e. The van der Waals surface area contributed by atoms with E-state index in [1.807, 2.05) is 0 Å². The van der Waals surface area contributed by atoms with Crippen molar-refractivity contribution in [2.45, 2.75) is 32.6 Å². The van der Waals surface area contributed by atoms with Gasteiger partial charge in [-0.3, -0.25) is 14.5 Å². The number of likely N-dealkylation sites (tertiary alicyclic amines) is 1. The highest BCUT2D eigenvalue weighted by atomic mass is 16.2. The molecule has 1 fully saturated rings. The molecule has 0 aromatic carbocycles. The number of imide groups is 1. The molecule has 6 nitrogen and oxygen atoms in total. The second-order valence-electron chi connectivity index (χ2n) is 3.67. The summed E-state index contributed by atoms with van der Waals surface area (Å²) in [5.41, 5.74) is 0.761. The molecule has 0 atom stereocenters. The molecule has 1 rings (SSSR count). The molecule has 0 bridgehead atoms. The molecule has 0 aromatic rings. The van der Waals surface area contributed by atoms with Gasteiger partial charge in [-0.2, -0.15) is 5.11 Å². The van der Waals surface area contributed by atoms with E-state index in [0.29, 0.717) is 32.2 Å². The van der Waals surface area contributed by atoms with Crippen LogP contribution in [0.15, 0.2) is 15.4 Å². The standard InChI is InChI=1S/C10H16N4O2/c1-8(12-13-11-2)6-7-14-9(15)4-3-5-10(14)16/h3-7H2,1-2H3/b12-8-,13-11?. The minimum absolute atomic E-state index is 0.0823. The van der Waals surface area contributed by atoms with Crippen LogP contribution in [0.5, 0.6) is 0 Å². The molecule has 16 heavy (non-hydrogen) atoms. The van der Waals surface area contributed by atoms with Crippen molar-refractivity contribution in [3.8, 4) is 0 Å². The molecular formula is C10H16N4O2. The van der Waals surface area contributed by atoms with E-state index in [0.717, 1.165) is 5.71 Å². The molecule has 0 unspecified atom stereocenters. The predicted octanol–water partition coefficient (Wildman–Crippen LogP) is 1.37. The Morgan fingerprint density at radius 1 is 1.31 bits per heavy atom. The van der Waals surface area contributed by atoms with Crippen molar-refractivity contribution in [3.05, 3.63) is 0 Å². The monoisotopic (exact) mass is 224 g/mol. The number of carbonyl (C=O) groups is 2. The van der Waals surface area contributed by atoms with Crippen LogP contribution in [0.2, 0.25) is 0 Å². The van der Waals surface area contributed by atoms with Crippen LogP contribution in [0.1, 0.15) is 32.6 Å². The molecule has 1 heterocycles. The van der Waals surface area contributed by atoms with Crippen molar-refractivity contribution >= 4 is 17.5 Å². The lowest BCUT2D eigenvalue weighted by Crippen LogP contribution is -2.41. The van der Waals surface area contributed by atoms with Crippen molar-refractivity contribution in [3.63, 3.8) is 0 Å². The Balaban J connectivity index is 2.47. The highest BCUT2D eigenvalue weighted by molar-refractivity contribution is 5.98. The van der Waals surface area contributed by atoms with Gasteiger partial charge < -0.3 is 0 Å². The van der Waals surface area contributed by atoms with Gasteiger partial charge in [0.15, 0.2) is 0 Å². The Kier molecular flexibility index (Phi) is 4.75. The quantitative estimate of drug-likeness (QED) is 0.313. The molecule has 0 aromatic heterocycles. The Morgan fingerprint density at radius 2 is 1.94 bits per heavy atom. The average Bonchev–Trinajstić information content (AvgIpc) is 2.25. The first-order valence-corrected chi connectivity index (χ1v) is 5.30. The molecule has 0 saturated carbocycles. The van der Waals surface area contributed by atoms with Crippen LogP contribution in [0.4, 0.5) is 0 Å². The predicted molar refractivity (Wildman–Crippen MR) is 59.1 cm³/mol. The van der Waals surface area contributed by atoms with Crippen LogP contribution in [0.25, 0.3) is 0 Å². The fourth-order valence-electron chi connectivity index (χ4n) is 1.49. The fourth-order valence-corrected chi connectivity index (χ4v) is 1.49. The largest absolute Gasteiger partial charge is 0.282 e. The summed E-state index contributed by atoms with van der Waals surface area (Å²) in [6, 6.07) is 0. The van der Waals surface area contributed by atoms with Gasteiger partial charge in [-0.25, -0.2) is 0 Å². The Hall–Kier alpha value is -1.59. The van der Waals surface area contributed by atoms with Crippen LogP contribution >= 0.6 is 0 Å². The lowest BCUT2D eigenvalue weighted by molar-refractivity contribution is -0.147. The number of hydrogen-bond acceptors (Lipinski definition) is 4. The summed E-state index contributed by atoms with van der Waals surface area (Å²) < 4.78 is 0. The van der Waals surface area contributed by atoms with Gasteiger partial charge in [0, 0.05) is 31.5 Å². The van der Waals surface area contributed by atoms with Gasteiger partial charge in [-0.05, 0) is 13.3 Å². The average molecular weight is 224 g/mol. The summed E-state index contributed by atoms with van der Waals surface area (Å²) in [7, 11) is 1.54. The van der Waals surface area contributed by atoms with E-state index >= 15 is 0 Å². The number of amides is 2. The zero-order chi connectivity index (χ0) is 12.0. The maximum absolute atomic E-state index is 11.5. The second kappa shape index (κ2) is 6.09. The molecule has 2 amide bonds. The summed E-state index contributed by atoms with van der Waals surface area (Å²) in [6.45, 7) is 2.19. The zero-order valence-corrected chi connectivity index (χ0v) is 9.64. The van der Waals surface area contributed by atoms with Gasteiger partial charge in [0.25, 0.3) is 0 Å². The second-order valence-corrected chi connectivity index (χ2v) is 3.67. The molecular weight excluding hydrogens is 208 g/mol. The SMILES string of the molecule is CN=N/N=C(/C)CCN1C(=O)CCCC1=O. The van der Waals surface area contributed by atoms with E-state index in [1.165, 1.54) is 11.9 Å².